The molecule has 0 aliphatic carbocycles. The number of imidazole rings is 1. The van der Waals surface area contributed by atoms with Crippen LogP contribution in [0.3, 0.4) is 0 Å². The van der Waals surface area contributed by atoms with Gasteiger partial charge in [-0.2, -0.15) is 0 Å². The predicted octanol–water partition coefficient (Wildman–Crippen LogP) is 4.71. The monoisotopic (exact) mass is 424 g/mol. The van der Waals surface area contributed by atoms with E-state index < -0.39 is 0 Å². The molecule has 2 aromatic carbocycles. The lowest BCUT2D eigenvalue weighted by Crippen LogP contribution is -2.03. The molecule has 7 heteroatoms. The van der Waals surface area contributed by atoms with Gasteiger partial charge in [-0.3, -0.25) is 4.79 Å². The maximum Gasteiger partial charge on any atom is 0.185 e. The summed E-state index contributed by atoms with van der Waals surface area (Å²) in [5, 5.41) is 0.468. The second-order valence-corrected chi connectivity index (χ2v) is 7.25. The molecule has 1 aliphatic rings. The second kappa shape index (κ2) is 9.05. The third-order valence-electron chi connectivity index (χ3n) is 4.68. The Morgan fingerprint density at radius 2 is 2.03 bits per heavy atom. The highest BCUT2D eigenvalue weighted by Gasteiger charge is 2.15. The number of carbonyl (C=O) groups is 1. The first-order valence-electron chi connectivity index (χ1n) is 9.61. The van der Waals surface area contributed by atoms with Gasteiger partial charge in [0.05, 0.1) is 18.2 Å². The zero-order valence-electron chi connectivity index (χ0n) is 16.5. The summed E-state index contributed by atoms with van der Waals surface area (Å²) in [5.41, 5.74) is 1.34. The van der Waals surface area contributed by atoms with Crippen molar-refractivity contribution in [3.05, 3.63) is 76.8 Å². The van der Waals surface area contributed by atoms with Crippen molar-refractivity contribution in [2.75, 3.05) is 13.2 Å². The van der Waals surface area contributed by atoms with E-state index in [-0.39, 0.29) is 5.78 Å². The number of nitrogens with zero attached hydrogens (tertiary/aromatic N) is 2. The fourth-order valence-electron chi connectivity index (χ4n) is 3.01. The van der Waals surface area contributed by atoms with Crippen LogP contribution in [0.1, 0.15) is 28.2 Å². The Bertz CT molecular complexity index is 1070. The lowest BCUT2D eigenvalue weighted by molar-refractivity contribution is 0.104. The highest BCUT2D eigenvalue weighted by Crippen LogP contribution is 2.38. The van der Waals surface area contributed by atoms with Crippen LogP contribution < -0.4 is 14.2 Å². The van der Waals surface area contributed by atoms with Crippen LogP contribution in [0.4, 0.5) is 0 Å². The Morgan fingerprint density at radius 1 is 1.23 bits per heavy atom. The molecular formula is C23H21ClN2O4. The van der Waals surface area contributed by atoms with Gasteiger partial charge in [0.2, 0.25) is 0 Å². The van der Waals surface area contributed by atoms with E-state index in [2.05, 4.69) is 4.98 Å². The Morgan fingerprint density at radius 3 is 2.80 bits per heavy atom. The van der Waals surface area contributed by atoms with Crippen molar-refractivity contribution in [3.8, 4) is 17.2 Å². The maximum atomic E-state index is 12.5. The van der Waals surface area contributed by atoms with Crippen molar-refractivity contribution in [3.63, 3.8) is 0 Å². The Labute approximate surface area is 179 Å². The molecule has 0 unspecified atom stereocenters. The molecule has 0 saturated carbocycles. The first-order valence-corrected chi connectivity index (χ1v) is 9.98. The van der Waals surface area contributed by atoms with Crippen molar-refractivity contribution in [1.82, 2.24) is 9.55 Å². The number of aromatic nitrogens is 2. The first-order chi connectivity index (χ1) is 14.6. The smallest absolute Gasteiger partial charge is 0.185 e. The topological polar surface area (TPSA) is 62.6 Å². The van der Waals surface area contributed by atoms with E-state index in [0.717, 1.165) is 17.8 Å². The van der Waals surface area contributed by atoms with Crippen molar-refractivity contribution in [2.45, 2.75) is 13.0 Å². The second-order valence-electron chi connectivity index (χ2n) is 6.85. The molecule has 2 heterocycles. The number of allylic oxidation sites excluding steroid dienone is 1. The maximum absolute atomic E-state index is 12.5. The van der Waals surface area contributed by atoms with Gasteiger partial charge in [0.25, 0.3) is 0 Å². The largest absolute Gasteiger partial charge is 0.489 e. The number of halogens is 1. The van der Waals surface area contributed by atoms with Crippen LogP contribution in [0.5, 0.6) is 17.2 Å². The molecule has 30 heavy (non-hydrogen) atoms. The predicted molar refractivity (Wildman–Crippen MR) is 114 cm³/mol. The van der Waals surface area contributed by atoms with Gasteiger partial charge in [0.15, 0.2) is 17.3 Å². The number of carbonyl (C=O) groups excluding carboxylic acids is 1. The highest BCUT2D eigenvalue weighted by molar-refractivity contribution is 6.32. The molecule has 154 valence electrons. The number of rotatable bonds is 6. The molecular weight excluding hydrogens is 404 g/mol. The summed E-state index contributed by atoms with van der Waals surface area (Å²) in [5.74, 6) is 2.54. The fraction of sp³-hybridized carbons (Fsp3) is 0.217. The zero-order valence-corrected chi connectivity index (χ0v) is 17.3. The number of hydrogen-bond donors (Lipinski definition) is 0. The van der Waals surface area contributed by atoms with Crippen molar-refractivity contribution >= 4 is 23.5 Å². The highest BCUT2D eigenvalue weighted by atomic mass is 35.5. The van der Waals surface area contributed by atoms with Crippen LogP contribution in [0, 0.1) is 0 Å². The molecule has 0 N–H and O–H groups in total. The van der Waals surface area contributed by atoms with Gasteiger partial charge in [-0.25, -0.2) is 4.98 Å². The van der Waals surface area contributed by atoms with E-state index in [9.17, 15) is 4.79 Å². The van der Waals surface area contributed by atoms with Crippen LogP contribution >= 0.6 is 11.6 Å². The number of ether oxygens (including phenoxy) is 3. The van der Waals surface area contributed by atoms with E-state index in [1.54, 1.807) is 42.6 Å². The standard InChI is InChI=1S/C23H21ClN2O4/c1-26-10-9-25-22(26)15-30-18-6-4-17(5-7-18)20(27)8-3-16-13-19(24)23-21(14-16)28-11-2-12-29-23/h3-10,13-14H,2,11-12,15H2,1H3/b8-3+. The van der Waals surface area contributed by atoms with Crippen LogP contribution in [0.2, 0.25) is 5.02 Å². The van der Waals surface area contributed by atoms with Crippen LogP contribution in [0.15, 0.2) is 54.9 Å². The molecule has 0 amide bonds. The molecule has 0 spiro atoms. The summed E-state index contributed by atoms with van der Waals surface area (Å²) < 4.78 is 18.9. The fourth-order valence-corrected chi connectivity index (χ4v) is 3.29. The lowest BCUT2D eigenvalue weighted by Gasteiger charge is -2.10. The van der Waals surface area contributed by atoms with Gasteiger partial charge in [-0.15, -0.1) is 0 Å². The minimum Gasteiger partial charge on any atom is -0.489 e. The van der Waals surface area contributed by atoms with E-state index in [4.69, 9.17) is 25.8 Å². The van der Waals surface area contributed by atoms with Gasteiger partial charge in [0.1, 0.15) is 18.2 Å². The van der Waals surface area contributed by atoms with Crippen LogP contribution in [-0.4, -0.2) is 28.5 Å². The molecule has 1 aliphatic heterocycles. The van der Waals surface area contributed by atoms with Crippen LogP contribution in [0.25, 0.3) is 6.08 Å². The lowest BCUT2D eigenvalue weighted by atomic mass is 10.1. The van der Waals surface area contributed by atoms with E-state index >= 15 is 0 Å². The Balaban J connectivity index is 1.41. The third kappa shape index (κ3) is 4.66. The number of ketones is 1. The van der Waals surface area contributed by atoms with Gasteiger partial charge in [0, 0.05) is 31.4 Å². The van der Waals surface area contributed by atoms with Crippen molar-refractivity contribution in [2.24, 2.45) is 7.05 Å². The zero-order chi connectivity index (χ0) is 20.9. The quantitative estimate of drug-likeness (QED) is 0.423. The third-order valence-corrected chi connectivity index (χ3v) is 4.96. The van der Waals surface area contributed by atoms with Gasteiger partial charge in [-0.1, -0.05) is 17.7 Å². The molecule has 4 rings (SSSR count). The summed E-state index contributed by atoms with van der Waals surface area (Å²) in [4.78, 5) is 16.7. The Kier molecular flexibility index (Phi) is 6.05. The van der Waals surface area contributed by atoms with E-state index in [1.807, 2.05) is 23.9 Å². The van der Waals surface area contributed by atoms with Crippen molar-refractivity contribution < 1.29 is 19.0 Å². The molecule has 1 aromatic heterocycles. The number of fused-ring (bicyclic) bond motifs is 1. The van der Waals surface area contributed by atoms with E-state index in [1.165, 1.54) is 6.08 Å². The number of benzene rings is 2. The summed E-state index contributed by atoms with van der Waals surface area (Å²) in [6.07, 6.45) is 7.62. The average molecular weight is 425 g/mol. The minimum absolute atomic E-state index is 0.117. The summed E-state index contributed by atoms with van der Waals surface area (Å²) >= 11 is 6.30. The molecule has 0 bridgehead atoms. The first kappa shape index (κ1) is 20.0. The molecule has 0 fully saturated rings. The minimum atomic E-state index is -0.117. The van der Waals surface area contributed by atoms with Crippen molar-refractivity contribution in [1.29, 1.82) is 0 Å². The molecule has 6 nitrogen and oxygen atoms in total. The summed E-state index contributed by atoms with van der Waals surface area (Å²) in [6, 6.07) is 10.6. The van der Waals surface area contributed by atoms with E-state index in [0.29, 0.717) is 47.7 Å². The van der Waals surface area contributed by atoms with Gasteiger partial charge < -0.3 is 18.8 Å². The molecule has 0 atom stereocenters. The normalized spacial score (nSPS) is 13.3. The van der Waals surface area contributed by atoms with Gasteiger partial charge in [-0.05, 0) is 48.0 Å². The Hall–Kier alpha value is -3.25. The molecule has 3 aromatic rings. The molecule has 0 saturated heterocycles. The number of aryl methyl sites for hydroxylation is 1. The average Bonchev–Trinajstić information content (AvgIpc) is 3.01. The van der Waals surface area contributed by atoms with Crippen LogP contribution in [-0.2, 0) is 13.7 Å². The number of hydrogen-bond acceptors (Lipinski definition) is 5. The molecule has 0 radical (unpaired) electrons. The summed E-state index contributed by atoms with van der Waals surface area (Å²) in [7, 11) is 1.91. The SMILES string of the molecule is Cn1ccnc1COc1ccc(C(=O)/C=C/c2cc(Cl)c3c(c2)OCCCO3)cc1. The summed E-state index contributed by atoms with van der Waals surface area (Å²) in [6.45, 7) is 1.51. The van der Waals surface area contributed by atoms with Gasteiger partial charge >= 0.3 is 0 Å².